The number of hydrogen-bond donors (Lipinski definition) is 0. The molecule has 0 radical (unpaired) electrons. The van der Waals surface area contributed by atoms with E-state index in [-0.39, 0.29) is 37.2 Å². The van der Waals surface area contributed by atoms with Crippen molar-refractivity contribution in [1.29, 1.82) is 0 Å². The average molecular weight is 577 g/mol. The number of methoxy groups -OCH3 is 3. The minimum atomic E-state index is 0. The Hall–Kier alpha value is -1.57. The summed E-state index contributed by atoms with van der Waals surface area (Å²) in [6.45, 7) is 8.05. The molecule has 1 unspecified atom stereocenters. The predicted octanol–water partition coefficient (Wildman–Crippen LogP) is 5.93. The first-order valence-corrected chi connectivity index (χ1v) is 12.8. The summed E-state index contributed by atoms with van der Waals surface area (Å²) in [5.74, 6) is 2.02. The Labute approximate surface area is 241 Å². The van der Waals surface area contributed by atoms with Gasteiger partial charge in [-0.2, -0.15) is 0 Å². The Balaban J connectivity index is 0.00000228. The van der Waals surface area contributed by atoms with E-state index < -0.39 is 0 Å². The van der Waals surface area contributed by atoms with Gasteiger partial charge in [0.2, 0.25) is 5.75 Å². The lowest BCUT2D eigenvalue weighted by molar-refractivity contribution is 0.0488. The first-order valence-electron chi connectivity index (χ1n) is 12.8. The number of halogens is 3. The van der Waals surface area contributed by atoms with Gasteiger partial charge in [0.25, 0.3) is 0 Å². The van der Waals surface area contributed by atoms with E-state index in [2.05, 4.69) is 57.2 Å². The zero-order valence-electron chi connectivity index (χ0n) is 22.4. The Kier molecular flexibility index (Phi) is 15.5. The number of rotatable bonds is 11. The summed E-state index contributed by atoms with van der Waals surface area (Å²) in [5.41, 5.74) is 2.39. The van der Waals surface area contributed by atoms with Crippen molar-refractivity contribution in [1.82, 2.24) is 9.80 Å². The van der Waals surface area contributed by atoms with Crippen molar-refractivity contribution in [2.75, 3.05) is 65.5 Å². The lowest BCUT2D eigenvalue weighted by Gasteiger charge is -2.44. The van der Waals surface area contributed by atoms with Gasteiger partial charge < -0.3 is 24.0 Å². The molecule has 210 valence electrons. The van der Waals surface area contributed by atoms with E-state index in [1.807, 2.05) is 0 Å². The third-order valence-electron chi connectivity index (χ3n) is 7.30. The molecule has 2 fully saturated rings. The van der Waals surface area contributed by atoms with Crippen molar-refractivity contribution in [3.8, 4) is 17.2 Å². The maximum atomic E-state index is 5.63. The molecule has 2 aromatic rings. The molecule has 37 heavy (non-hydrogen) atoms. The molecule has 0 saturated carbocycles. The van der Waals surface area contributed by atoms with Crippen LogP contribution in [-0.2, 0) is 6.54 Å². The summed E-state index contributed by atoms with van der Waals surface area (Å²) in [6.07, 6.45) is 6.52. The van der Waals surface area contributed by atoms with Crippen LogP contribution in [-0.4, -0.2) is 76.4 Å². The number of unbranched alkanes of at least 4 members (excludes halogenated alkanes) is 1. The van der Waals surface area contributed by atoms with Gasteiger partial charge in [-0.25, -0.2) is 0 Å². The van der Waals surface area contributed by atoms with E-state index in [4.69, 9.17) is 14.2 Å². The molecular weight excluding hydrogens is 533 g/mol. The van der Waals surface area contributed by atoms with Crippen molar-refractivity contribution in [2.24, 2.45) is 0 Å². The molecule has 2 heterocycles. The second-order valence-corrected chi connectivity index (χ2v) is 9.48. The van der Waals surface area contributed by atoms with Crippen molar-refractivity contribution >= 4 is 42.9 Å². The van der Waals surface area contributed by atoms with Crippen molar-refractivity contribution in [2.45, 2.75) is 44.7 Å². The first-order chi connectivity index (χ1) is 16.7. The van der Waals surface area contributed by atoms with Crippen LogP contribution in [0.2, 0.25) is 0 Å². The maximum absolute atomic E-state index is 5.63. The van der Waals surface area contributed by atoms with Gasteiger partial charge in [-0.1, -0.05) is 36.8 Å². The van der Waals surface area contributed by atoms with E-state index in [9.17, 15) is 0 Å². The van der Waals surface area contributed by atoms with E-state index in [1.165, 1.54) is 64.0 Å². The Morgan fingerprint density at radius 1 is 0.838 bits per heavy atom. The Morgan fingerprint density at radius 2 is 1.54 bits per heavy atom. The molecule has 2 aliphatic heterocycles. The third-order valence-corrected chi connectivity index (χ3v) is 7.30. The van der Waals surface area contributed by atoms with Gasteiger partial charge in [0.1, 0.15) is 0 Å². The highest BCUT2D eigenvalue weighted by atomic mass is 35.5. The molecule has 0 N–H and O–H groups in total. The fourth-order valence-electron chi connectivity index (χ4n) is 5.41. The summed E-state index contributed by atoms with van der Waals surface area (Å²) >= 11 is 0. The smallest absolute Gasteiger partial charge is 0.203 e. The molecule has 0 aliphatic carbocycles. The van der Waals surface area contributed by atoms with Gasteiger partial charge in [-0.05, 0) is 44.3 Å². The van der Waals surface area contributed by atoms with Crippen LogP contribution in [0.25, 0.3) is 0 Å². The number of hydrogen-bond acceptors (Lipinski definition) is 6. The highest BCUT2D eigenvalue weighted by molar-refractivity contribution is 5.86. The van der Waals surface area contributed by atoms with Gasteiger partial charge in [-0.3, -0.25) is 4.90 Å². The van der Waals surface area contributed by atoms with Gasteiger partial charge in [-0.15, -0.1) is 37.2 Å². The van der Waals surface area contributed by atoms with E-state index in [1.54, 1.807) is 21.3 Å². The Bertz CT molecular complexity index is 882. The molecule has 0 amide bonds. The van der Waals surface area contributed by atoms with Crippen molar-refractivity contribution in [3.63, 3.8) is 0 Å². The number of nitrogens with zero attached hydrogens (tertiary/aromatic N) is 3. The third kappa shape index (κ3) is 9.00. The van der Waals surface area contributed by atoms with Gasteiger partial charge >= 0.3 is 0 Å². The molecule has 0 aromatic heterocycles. The zero-order chi connectivity index (χ0) is 23.8. The standard InChI is InChI=1S/C28H41N3O3.3ClH/c1-32-26-19-25(20-27(33-2)28(26)34-3)31(21-23-11-5-4-6-12-23)16-10-9-14-29-17-18-30-15-8-7-13-24(30)22-29;;;/h4-6,11-12,19-20,24H,7-10,13-18,21-22H2,1-3H3;3*1H. The monoisotopic (exact) mass is 575 g/mol. The number of anilines is 1. The molecule has 6 nitrogen and oxygen atoms in total. The first kappa shape index (κ1) is 33.5. The number of piperazine rings is 1. The summed E-state index contributed by atoms with van der Waals surface area (Å²) in [6, 6.07) is 15.6. The number of ether oxygens (including phenoxy) is 3. The number of piperidine rings is 1. The molecule has 0 bridgehead atoms. The number of benzene rings is 2. The summed E-state index contributed by atoms with van der Waals surface area (Å²) in [4.78, 5) is 7.83. The van der Waals surface area contributed by atoms with Crippen LogP contribution in [0.5, 0.6) is 17.2 Å². The van der Waals surface area contributed by atoms with E-state index in [0.717, 1.165) is 31.2 Å². The minimum absolute atomic E-state index is 0. The molecule has 9 heteroatoms. The quantitative estimate of drug-likeness (QED) is 0.309. The second kappa shape index (κ2) is 17.1. The van der Waals surface area contributed by atoms with Crippen LogP contribution in [0.15, 0.2) is 42.5 Å². The maximum Gasteiger partial charge on any atom is 0.203 e. The topological polar surface area (TPSA) is 37.4 Å². The lowest BCUT2D eigenvalue weighted by atomic mass is 9.99. The number of fused-ring (bicyclic) bond motifs is 1. The average Bonchev–Trinajstić information content (AvgIpc) is 2.90. The normalized spacial score (nSPS) is 17.3. The summed E-state index contributed by atoms with van der Waals surface area (Å²) < 4.78 is 16.8. The van der Waals surface area contributed by atoms with Gasteiger partial charge in [0.15, 0.2) is 11.5 Å². The molecule has 2 aromatic carbocycles. The van der Waals surface area contributed by atoms with E-state index >= 15 is 0 Å². The van der Waals surface area contributed by atoms with E-state index in [0.29, 0.717) is 17.2 Å². The van der Waals surface area contributed by atoms with Crippen LogP contribution in [0.1, 0.15) is 37.7 Å². The predicted molar refractivity (Wildman–Crippen MR) is 160 cm³/mol. The molecule has 0 spiro atoms. The van der Waals surface area contributed by atoms with Crippen LogP contribution >= 0.6 is 37.2 Å². The van der Waals surface area contributed by atoms with Crippen LogP contribution in [0.4, 0.5) is 5.69 Å². The van der Waals surface area contributed by atoms with Crippen molar-refractivity contribution in [3.05, 3.63) is 48.0 Å². The molecule has 1 atom stereocenters. The zero-order valence-corrected chi connectivity index (χ0v) is 24.8. The van der Waals surface area contributed by atoms with Crippen LogP contribution in [0, 0.1) is 0 Å². The highest BCUT2D eigenvalue weighted by Gasteiger charge is 2.28. The fraction of sp³-hybridized carbons (Fsp3) is 0.571. The Morgan fingerprint density at radius 3 is 2.19 bits per heavy atom. The van der Waals surface area contributed by atoms with Crippen molar-refractivity contribution < 1.29 is 14.2 Å². The largest absolute Gasteiger partial charge is 0.493 e. The van der Waals surface area contributed by atoms with Gasteiger partial charge in [0.05, 0.1) is 21.3 Å². The summed E-state index contributed by atoms with van der Waals surface area (Å²) in [5, 5.41) is 0. The molecule has 2 aliphatic rings. The van der Waals surface area contributed by atoms with Crippen LogP contribution < -0.4 is 19.1 Å². The van der Waals surface area contributed by atoms with Crippen LogP contribution in [0.3, 0.4) is 0 Å². The fourth-order valence-corrected chi connectivity index (χ4v) is 5.41. The lowest BCUT2D eigenvalue weighted by Crippen LogP contribution is -2.54. The minimum Gasteiger partial charge on any atom is -0.493 e. The SMILES string of the molecule is COc1cc(N(CCCCN2CCN3CCCCC3C2)Cc2ccccc2)cc(OC)c1OC.Cl.Cl.Cl. The highest BCUT2D eigenvalue weighted by Crippen LogP contribution is 2.41. The second-order valence-electron chi connectivity index (χ2n) is 9.48. The summed E-state index contributed by atoms with van der Waals surface area (Å²) in [7, 11) is 5.00. The molecular formula is C28H44Cl3N3O3. The molecule has 2 saturated heterocycles. The molecule has 4 rings (SSSR count). The van der Waals surface area contributed by atoms with Gasteiger partial charge in [0, 0.05) is 56.6 Å².